The van der Waals surface area contributed by atoms with Gasteiger partial charge in [-0.15, -0.1) is 0 Å². The minimum atomic E-state index is 0.349. The summed E-state index contributed by atoms with van der Waals surface area (Å²) in [4.78, 5) is 15.3. The molecule has 2 unspecified atom stereocenters. The summed E-state index contributed by atoms with van der Waals surface area (Å²) < 4.78 is 0. The van der Waals surface area contributed by atoms with Crippen LogP contribution in [0.4, 0.5) is 0 Å². The Morgan fingerprint density at radius 2 is 1.67 bits per heavy atom. The normalized spacial score (nSPS) is 47.8. The van der Waals surface area contributed by atoms with Gasteiger partial charge in [-0.3, -0.25) is 4.79 Å². The molecule has 2 N–H and O–H groups in total. The van der Waals surface area contributed by atoms with Crippen LogP contribution in [-0.2, 0) is 4.79 Å². The van der Waals surface area contributed by atoms with Crippen molar-refractivity contribution >= 4 is 5.91 Å². The van der Waals surface area contributed by atoms with Crippen molar-refractivity contribution < 1.29 is 4.79 Å². The lowest BCUT2D eigenvalue weighted by Gasteiger charge is -2.54. The topological polar surface area (TPSA) is 46.3 Å². The minimum absolute atomic E-state index is 0.349. The molecule has 0 aliphatic heterocycles. The molecule has 0 radical (unpaired) electrons. The summed E-state index contributed by atoms with van der Waals surface area (Å²) in [6.07, 6.45) is 10.4. The van der Waals surface area contributed by atoms with E-state index in [4.69, 9.17) is 5.73 Å². The highest BCUT2D eigenvalue weighted by molar-refractivity contribution is 5.80. The molecule has 3 nitrogen and oxygen atoms in total. The molecule has 2 atom stereocenters. The molecule has 5 aliphatic rings. The number of amides is 1. The van der Waals surface area contributed by atoms with Crippen molar-refractivity contribution in [3.63, 3.8) is 0 Å². The third kappa shape index (κ3) is 2.23. The Kier molecular flexibility index (Phi) is 3.52. The molecule has 1 amide bonds. The van der Waals surface area contributed by atoms with Gasteiger partial charge >= 0.3 is 0 Å². The standard InChI is InChI=1S/C18H30N2O/c1-20(16-4-2-3-13(16)10-19)18(21)17-14-6-11-5-12(8-14)9-15(17)7-11/h11-17H,2-10,19H2,1H3. The quantitative estimate of drug-likeness (QED) is 0.868. The molecular weight excluding hydrogens is 260 g/mol. The smallest absolute Gasteiger partial charge is 0.226 e. The van der Waals surface area contributed by atoms with Crippen LogP contribution in [0.25, 0.3) is 0 Å². The molecule has 0 aromatic heterocycles. The number of carbonyl (C=O) groups excluding carboxylic acids is 1. The highest BCUT2D eigenvalue weighted by atomic mass is 16.2. The van der Waals surface area contributed by atoms with Crippen molar-refractivity contribution in [1.29, 1.82) is 0 Å². The summed E-state index contributed by atoms with van der Waals surface area (Å²) in [7, 11) is 2.06. The van der Waals surface area contributed by atoms with Gasteiger partial charge in [-0.1, -0.05) is 6.42 Å². The SMILES string of the molecule is CN(C(=O)C1C2CC3CC(C2)CC1C3)C1CCCC1CN. The average Bonchev–Trinajstić information content (AvgIpc) is 2.93. The number of hydrogen-bond acceptors (Lipinski definition) is 2. The van der Waals surface area contributed by atoms with Gasteiger partial charge in [0.2, 0.25) is 5.91 Å². The van der Waals surface area contributed by atoms with Gasteiger partial charge in [-0.2, -0.15) is 0 Å². The molecule has 3 heteroatoms. The monoisotopic (exact) mass is 290 g/mol. The second-order valence-electron chi connectivity index (χ2n) is 8.40. The predicted molar refractivity (Wildman–Crippen MR) is 83.5 cm³/mol. The van der Waals surface area contributed by atoms with Crippen molar-refractivity contribution in [3.8, 4) is 0 Å². The van der Waals surface area contributed by atoms with Crippen molar-refractivity contribution in [2.24, 2.45) is 41.2 Å². The molecule has 0 aromatic rings. The number of rotatable bonds is 3. The predicted octanol–water partition coefficient (Wildman–Crippen LogP) is 2.64. The first-order valence-electron chi connectivity index (χ1n) is 9.14. The Morgan fingerprint density at radius 3 is 2.24 bits per heavy atom. The molecule has 21 heavy (non-hydrogen) atoms. The van der Waals surface area contributed by atoms with E-state index < -0.39 is 0 Å². The summed E-state index contributed by atoms with van der Waals surface area (Å²) in [5, 5.41) is 0. The summed E-state index contributed by atoms with van der Waals surface area (Å²) in [6.45, 7) is 0.740. The molecule has 0 aromatic carbocycles. The fraction of sp³-hybridized carbons (Fsp3) is 0.944. The first-order chi connectivity index (χ1) is 10.2. The lowest BCUT2D eigenvalue weighted by Crippen LogP contribution is -2.53. The van der Waals surface area contributed by atoms with Crippen LogP contribution < -0.4 is 5.73 Å². The number of nitrogens with two attached hydrogens (primary N) is 1. The third-order valence-electron chi connectivity index (χ3n) is 7.28. The fourth-order valence-corrected chi connectivity index (χ4v) is 6.53. The van der Waals surface area contributed by atoms with E-state index in [1.165, 1.54) is 44.9 Å². The van der Waals surface area contributed by atoms with E-state index in [0.717, 1.165) is 24.8 Å². The largest absolute Gasteiger partial charge is 0.342 e. The molecule has 4 bridgehead atoms. The van der Waals surface area contributed by atoms with E-state index in [0.29, 0.717) is 35.6 Å². The zero-order valence-electron chi connectivity index (χ0n) is 13.3. The average molecular weight is 290 g/mol. The number of carbonyl (C=O) groups is 1. The lowest BCUT2D eigenvalue weighted by molar-refractivity contribution is -0.150. The Labute approximate surface area is 128 Å². The van der Waals surface area contributed by atoms with Gasteiger partial charge in [0.1, 0.15) is 0 Å². The van der Waals surface area contributed by atoms with Crippen molar-refractivity contribution in [2.75, 3.05) is 13.6 Å². The first kappa shape index (κ1) is 14.0. The van der Waals surface area contributed by atoms with Crippen LogP contribution in [0.3, 0.4) is 0 Å². The van der Waals surface area contributed by atoms with Gasteiger partial charge < -0.3 is 10.6 Å². The van der Waals surface area contributed by atoms with Crippen LogP contribution >= 0.6 is 0 Å². The maximum absolute atomic E-state index is 13.2. The zero-order chi connectivity index (χ0) is 14.6. The second-order valence-corrected chi connectivity index (χ2v) is 8.40. The fourth-order valence-electron chi connectivity index (χ4n) is 6.53. The van der Waals surface area contributed by atoms with Crippen LogP contribution in [0.2, 0.25) is 0 Å². The molecule has 0 heterocycles. The Balaban J connectivity index is 1.49. The van der Waals surface area contributed by atoms with Gasteiger partial charge in [0.05, 0.1) is 0 Å². The molecule has 5 fully saturated rings. The molecule has 118 valence electrons. The number of hydrogen-bond donors (Lipinski definition) is 1. The maximum Gasteiger partial charge on any atom is 0.226 e. The van der Waals surface area contributed by atoms with Crippen LogP contribution in [-0.4, -0.2) is 30.4 Å². The first-order valence-corrected chi connectivity index (χ1v) is 9.14. The third-order valence-corrected chi connectivity index (χ3v) is 7.28. The minimum Gasteiger partial charge on any atom is -0.342 e. The van der Waals surface area contributed by atoms with E-state index in [2.05, 4.69) is 11.9 Å². The maximum atomic E-state index is 13.2. The summed E-state index contributed by atoms with van der Waals surface area (Å²) in [5.74, 6) is 4.66. The summed E-state index contributed by atoms with van der Waals surface area (Å²) >= 11 is 0. The van der Waals surface area contributed by atoms with Gasteiger partial charge in [0.25, 0.3) is 0 Å². The highest BCUT2D eigenvalue weighted by Gasteiger charge is 2.52. The van der Waals surface area contributed by atoms with Crippen LogP contribution in [0.5, 0.6) is 0 Å². The summed E-state index contributed by atoms with van der Waals surface area (Å²) in [6, 6.07) is 0.416. The van der Waals surface area contributed by atoms with Gasteiger partial charge in [-0.05, 0) is 81.1 Å². The van der Waals surface area contributed by atoms with E-state index in [1.807, 2.05) is 0 Å². The van der Waals surface area contributed by atoms with E-state index in [9.17, 15) is 4.79 Å². The Bertz CT molecular complexity index is 393. The molecular formula is C18H30N2O. The van der Waals surface area contributed by atoms with Gasteiger partial charge in [0.15, 0.2) is 0 Å². The van der Waals surface area contributed by atoms with Gasteiger partial charge in [-0.25, -0.2) is 0 Å². The van der Waals surface area contributed by atoms with E-state index >= 15 is 0 Å². The Hall–Kier alpha value is -0.570. The second kappa shape index (κ2) is 5.26. The van der Waals surface area contributed by atoms with Crippen molar-refractivity contribution in [2.45, 2.75) is 57.4 Å². The van der Waals surface area contributed by atoms with E-state index in [1.54, 1.807) is 0 Å². The van der Waals surface area contributed by atoms with E-state index in [-0.39, 0.29) is 0 Å². The van der Waals surface area contributed by atoms with Gasteiger partial charge in [0, 0.05) is 19.0 Å². The van der Waals surface area contributed by atoms with Crippen molar-refractivity contribution in [3.05, 3.63) is 0 Å². The Morgan fingerprint density at radius 1 is 1.05 bits per heavy atom. The molecule has 5 saturated carbocycles. The van der Waals surface area contributed by atoms with Crippen LogP contribution in [0, 0.1) is 35.5 Å². The van der Waals surface area contributed by atoms with Crippen LogP contribution in [0.15, 0.2) is 0 Å². The molecule has 5 rings (SSSR count). The summed E-state index contributed by atoms with van der Waals surface area (Å²) in [5.41, 5.74) is 5.92. The lowest BCUT2D eigenvalue weighted by atomic mass is 9.51. The molecule has 0 spiro atoms. The zero-order valence-corrected chi connectivity index (χ0v) is 13.3. The molecule has 5 aliphatic carbocycles. The highest BCUT2D eigenvalue weighted by Crippen LogP contribution is 2.57. The number of nitrogens with zero attached hydrogens (tertiary/aromatic N) is 1. The van der Waals surface area contributed by atoms with Crippen LogP contribution in [0.1, 0.15) is 51.4 Å². The van der Waals surface area contributed by atoms with Crippen molar-refractivity contribution in [1.82, 2.24) is 4.90 Å². The molecule has 0 saturated heterocycles.